The molecule has 0 saturated carbocycles. The molecule has 3 aliphatic heterocycles. The maximum atomic E-state index is 15.1. The van der Waals surface area contributed by atoms with Gasteiger partial charge in [0.25, 0.3) is 0 Å². The molecule has 2 spiro atoms. The van der Waals surface area contributed by atoms with Crippen molar-refractivity contribution in [1.82, 2.24) is 5.32 Å². The van der Waals surface area contributed by atoms with E-state index in [1.807, 2.05) is 109 Å². The number of rotatable bonds is 4. The highest BCUT2D eigenvalue weighted by molar-refractivity contribution is 6.17. The first-order valence-corrected chi connectivity index (χ1v) is 13.2. The molecule has 3 aliphatic rings. The zero-order valence-corrected chi connectivity index (χ0v) is 21.4. The van der Waals surface area contributed by atoms with Gasteiger partial charge in [-0.3, -0.25) is 19.7 Å². The molecule has 0 radical (unpaired) electrons. The van der Waals surface area contributed by atoms with E-state index in [1.165, 1.54) is 6.92 Å². The smallest absolute Gasteiger partial charge is 0.250 e. The predicted octanol–water partition coefficient (Wildman–Crippen LogP) is 4.87. The van der Waals surface area contributed by atoms with Crippen LogP contribution in [-0.4, -0.2) is 17.6 Å². The Bertz CT molecular complexity index is 1640. The molecule has 6 heteroatoms. The van der Waals surface area contributed by atoms with Gasteiger partial charge in [0.05, 0.1) is 18.5 Å². The van der Waals surface area contributed by atoms with Gasteiger partial charge in [-0.2, -0.15) is 0 Å². The van der Waals surface area contributed by atoms with Gasteiger partial charge in [0, 0.05) is 16.9 Å². The van der Waals surface area contributed by atoms with E-state index in [-0.39, 0.29) is 17.6 Å². The second kappa shape index (κ2) is 8.48. The Morgan fingerprint density at radius 2 is 1.41 bits per heavy atom. The van der Waals surface area contributed by atoms with Crippen molar-refractivity contribution in [2.75, 3.05) is 10.2 Å². The number of carbonyl (C=O) groups excluding carboxylic acids is 3. The molecule has 2 amide bonds. The first-order chi connectivity index (χ1) is 19.0. The third-order valence-electron chi connectivity index (χ3n) is 8.64. The van der Waals surface area contributed by atoms with Crippen LogP contribution in [0.3, 0.4) is 0 Å². The Kier molecular flexibility index (Phi) is 5.12. The monoisotopic (exact) mass is 513 g/mol. The van der Waals surface area contributed by atoms with Gasteiger partial charge >= 0.3 is 0 Å². The van der Waals surface area contributed by atoms with Crippen LogP contribution < -0.4 is 15.5 Å². The van der Waals surface area contributed by atoms with Crippen LogP contribution in [-0.2, 0) is 31.9 Å². The molecular weight excluding hydrogens is 486 g/mol. The average Bonchev–Trinajstić information content (AvgIpc) is 3.53. The highest BCUT2D eigenvalue weighted by Crippen LogP contribution is 2.64. The summed E-state index contributed by atoms with van der Waals surface area (Å²) < 4.78 is 0. The van der Waals surface area contributed by atoms with Crippen molar-refractivity contribution in [2.45, 2.75) is 30.5 Å². The van der Waals surface area contributed by atoms with Crippen molar-refractivity contribution in [3.63, 3.8) is 0 Å². The van der Waals surface area contributed by atoms with E-state index in [0.29, 0.717) is 17.8 Å². The molecule has 1 fully saturated rings. The molecule has 39 heavy (non-hydrogen) atoms. The molecule has 192 valence electrons. The van der Waals surface area contributed by atoms with Crippen molar-refractivity contribution in [1.29, 1.82) is 0 Å². The van der Waals surface area contributed by atoms with E-state index in [2.05, 4.69) is 10.6 Å². The number of hydrogen-bond donors (Lipinski definition) is 2. The van der Waals surface area contributed by atoms with Crippen LogP contribution in [0.2, 0.25) is 0 Å². The fraction of sp³-hybridized carbons (Fsp3) is 0.182. The number of hydrogen-bond acceptors (Lipinski definition) is 4. The van der Waals surface area contributed by atoms with E-state index in [9.17, 15) is 9.59 Å². The molecule has 0 aromatic heterocycles. The number of ketones is 1. The first kappa shape index (κ1) is 23.6. The fourth-order valence-electron chi connectivity index (χ4n) is 7.25. The maximum absolute atomic E-state index is 15.1. The highest BCUT2D eigenvalue weighted by atomic mass is 16.2. The van der Waals surface area contributed by atoms with Gasteiger partial charge in [0.2, 0.25) is 11.8 Å². The number of Topliss-reactive ketones (excluding diaryl/α,β-unsaturated/α-hetero) is 1. The lowest BCUT2D eigenvalue weighted by Crippen LogP contribution is -2.54. The van der Waals surface area contributed by atoms with E-state index < -0.39 is 22.9 Å². The molecule has 0 aliphatic carbocycles. The Morgan fingerprint density at radius 1 is 0.795 bits per heavy atom. The van der Waals surface area contributed by atoms with Crippen molar-refractivity contribution >= 4 is 29.0 Å². The molecule has 0 unspecified atom stereocenters. The second-order valence-corrected chi connectivity index (χ2v) is 10.6. The summed E-state index contributed by atoms with van der Waals surface area (Å²) in [4.78, 5) is 44.8. The van der Waals surface area contributed by atoms with Crippen LogP contribution in [0.1, 0.15) is 35.2 Å². The molecule has 6 nitrogen and oxygen atoms in total. The number of para-hydroxylation sites is 2. The Hall–Kier alpha value is -4.55. The summed E-state index contributed by atoms with van der Waals surface area (Å²) in [6.45, 7) is 1.87. The number of anilines is 2. The van der Waals surface area contributed by atoms with Crippen molar-refractivity contribution in [3.05, 3.63) is 131 Å². The topological polar surface area (TPSA) is 78.5 Å². The molecular formula is C33H27N3O3. The van der Waals surface area contributed by atoms with Crippen molar-refractivity contribution < 1.29 is 14.4 Å². The van der Waals surface area contributed by atoms with Gasteiger partial charge < -0.3 is 10.2 Å². The summed E-state index contributed by atoms with van der Waals surface area (Å²) in [6.07, 6.45) is 0. The van der Waals surface area contributed by atoms with Gasteiger partial charge in [-0.1, -0.05) is 97.1 Å². The number of amides is 2. The van der Waals surface area contributed by atoms with Gasteiger partial charge in [-0.25, -0.2) is 0 Å². The summed E-state index contributed by atoms with van der Waals surface area (Å²) in [6, 6.07) is 34.1. The molecule has 2 N–H and O–H groups in total. The number of benzene rings is 4. The van der Waals surface area contributed by atoms with Crippen LogP contribution in [0.4, 0.5) is 11.4 Å². The molecule has 4 aromatic rings. The van der Waals surface area contributed by atoms with E-state index in [0.717, 1.165) is 22.4 Å². The number of fused-ring (bicyclic) bond motifs is 4. The van der Waals surface area contributed by atoms with Crippen LogP contribution in [0.15, 0.2) is 109 Å². The minimum absolute atomic E-state index is 0.178. The zero-order valence-electron chi connectivity index (χ0n) is 21.4. The maximum Gasteiger partial charge on any atom is 0.250 e. The van der Waals surface area contributed by atoms with Gasteiger partial charge in [-0.05, 0) is 35.7 Å². The lowest BCUT2D eigenvalue weighted by molar-refractivity contribution is -0.136. The minimum atomic E-state index is -1.41. The average molecular weight is 514 g/mol. The van der Waals surface area contributed by atoms with Gasteiger partial charge in [0.1, 0.15) is 16.7 Å². The van der Waals surface area contributed by atoms with Crippen molar-refractivity contribution in [3.8, 4) is 0 Å². The Balaban J connectivity index is 1.53. The largest absolute Gasteiger partial charge is 0.324 e. The minimum Gasteiger partial charge on any atom is -0.324 e. The zero-order chi connectivity index (χ0) is 26.8. The van der Waals surface area contributed by atoms with E-state index in [1.54, 1.807) is 4.90 Å². The van der Waals surface area contributed by atoms with Crippen LogP contribution in [0.5, 0.6) is 0 Å². The second-order valence-electron chi connectivity index (χ2n) is 10.6. The molecule has 3 heterocycles. The summed E-state index contributed by atoms with van der Waals surface area (Å²) in [5.74, 6) is -1.68. The van der Waals surface area contributed by atoms with Crippen LogP contribution in [0, 0.1) is 5.92 Å². The first-order valence-electron chi connectivity index (χ1n) is 13.2. The molecule has 4 atom stereocenters. The van der Waals surface area contributed by atoms with Crippen LogP contribution in [0.25, 0.3) is 0 Å². The Morgan fingerprint density at radius 3 is 2.13 bits per heavy atom. The summed E-state index contributed by atoms with van der Waals surface area (Å²) in [5.41, 5.74) is 1.97. The molecule has 7 rings (SSSR count). The fourth-order valence-corrected chi connectivity index (χ4v) is 7.25. The molecule has 0 bridgehead atoms. The predicted molar refractivity (Wildman–Crippen MR) is 149 cm³/mol. The number of nitrogens with zero attached hydrogens (tertiary/aromatic N) is 1. The normalized spacial score (nSPS) is 26.6. The lowest BCUT2D eigenvalue weighted by atomic mass is 9.60. The van der Waals surface area contributed by atoms with Crippen LogP contribution >= 0.6 is 0 Å². The Labute approximate surface area is 226 Å². The third kappa shape index (κ3) is 3.03. The van der Waals surface area contributed by atoms with E-state index >= 15 is 4.79 Å². The number of nitrogens with one attached hydrogen (secondary N) is 2. The van der Waals surface area contributed by atoms with Crippen molar-refractivity contribution in [2.24, 2.45) is 5.92 Å². The molecule has 1 saturated heterocycles. The highest BCUT2D eigenvalue weighted by Gasteiger charge is 2.75. The third-order valence-corrected chi connectivity index (χ3v) is 8.64. The van der Waals surface area contributed by atoms with Gasteiger partial charge in [0.15, 0.2) is 0 Å². The lowest BCUT2D eigenvalue weighted by Gasteiger charge is -2.36. The summed E-state index contributed by atoms with van der Waals surface area (Å²) >= 11 is 0. The number of carbonyl (C=O) groups is 3. The summed E-state index contributed by atoms with van der Waals surface area (Å²) in [7, 11) is 0. The van der Waals surface area contributed by atoms with E-state index in [4.69, 9.17) is 0 Å². The van der Waals surface area contributed by atoms with Gasteiger partial charge in [-0.15, -0.1) is 0 Å². The molecule has 4 aromatic carbocycles. The quantitative estimate of drug-likeness (QED) is 0.408. The standard InChI is InChI=1S/C33H27N3O3/c1-21(37)28-32(25-17-9-11-19-27(25)36(31(32)39)20-22-12-4-2-5-13-22)29(23-14-6-3-7-15-23)35-33(28)24-16-8-10-18-26(24)34-30(33)38/h2-19,28-29,35H,20H2,1H3,(H,34,38)/t28-,29+,32+,33-/m1/s1. The summed E-state index contributed by atoms with van der Waals surface area (Å²) in [5, 5.41) is 6.63. The SMILES string of the molecule is CC(=O)[C@@H]1[C@]2(C(=O)N(Cc3ccccc3)c3ccccc32)[C@H](c2ccccc2)N[C@@]12C(=O)Nc1ccccc12.